The molecule has 0 spiro atoms. The van der Waals surface area contributed by atoms with Gasteiger partial charge < -0.3 is 4.57 Å². The average Bonchev–Trinajstić information content (AvgIpc) is 3.01. The molecule has 0 amide bonds. The summed E-state index contributed by atoms with van der Waals surface area (Å²) < 4.78 is 2.15. The highest BCUT2D eigenvalue weighted by molar-refractivity contribution is 6.31. The Hall–Kier alpha value is -1.35. The molecule has 0 radical (unpaired) electrons. The van der Waals surface area contributed by atoms with Gasteiger partial charge in [-0.1, -0.05) is 23.7 Å². The van der Waals surface area contributed by atoms with E-state index < -0.39 is 0 Å². The molecule has 4 heteroatoms. The highest BCUT2D eigenvalue weighted by Crippen LogP contribution is 2.38. The van der Waals surface area contributed by atoms with Crippen LogP contribution in [0.5, 0.6) is 0 Å². The fourth-order valence-electron chi connectivity index (χ4n) is 1.91. The Morgan fingerprint density at radius 2 is 2.19 bits per heavy atom. The van der Waals surface area contributed by atoms with Crippen molar-refractivity contribution in [2.24, 2.45) is 0 Å². The van der Waals surface area contributed by atoms with Crippen LogP contribution in [-0.2, 0) is 0 Å². The van der Waals surface area contributed by atoms with Crippen LogP contribution in [0.1, 0.15) is 24.4 Å². The van der Waals surface area contributed by atoms with Gasteiger partial charge in [-0.25, -0.2) is 0 Å². The Bertz CT molecular complexity index is 529. The molecule has 82 valence electrons. The third-order valence-electron chi connectivity index (χ3n) is 3.02. The maximum Gasteiger partial charge on any atom is 0.164 e. The molecule has 0 aliphatic heterocycles. The van der Waals surface area contributed by atoms with E-state index in [0.29, 0.717) is 6.04 Å². The van der Waals surface area contributed by atoms with Gasteiger partial charge in [-0.3, -0.25) is 0 Å². The minimum Gasteiger partial charge on any atom is -0.310 e. The predicted octanol–water partition coefficient (Wildman–Crippen LogP) is 3.24. The Morgan fingerprint density at radius 1 is 1.38 bits per heavy atom. The van der Waals surface area contributed by atoms with Crippen molar-refractivity contribution in [2.45, 2.75) is 25.8 Å². The molecular formula is C12H12ClN3. The van der Waals surface area contributed by atoms with Crippen molar-refractivity contribution in [3.63, 3.8) is 0 Å². The van der Waals surface area contributed by atoms with Gasteiger partial charge >= 0.3 is 0 Å². The maximum atomic E-state index is 6.12. The fourth-order valence-corrected chi connectivity index (χ4v) is 2.08. The summed E-state index contributed by atoms with van der Waals surface area (Å²) in [5.74, 6) is 0.933. The average molecular weight is 234 g/mol. The number of hydrogen-bond donors (Lipinski definition) is 0. The van der Waals surface area contributed by atoms with Gasteiger partial charge in [-0.2, -0.15) is 0 Å². The zero-order valence-electron chi connectivity index (χ0n) is 9.02. The first kappa shape index (κ1) is 9.85. The number of halogens is 1. The van der Waals surface area contributed by atoms with Crippen molar-refractivity contribution in [1.29, 1.82) is 0 Å². The van der Waals surface area contributed by atoms with Crippen LogP contribution in [-0.4, -0.2) is 14.8 Å². The lowest BCUT2D eigenvalue weighted by Crippen LogP contribution is -1.97. The molecule has 16 heavy (non-hydrogen) atoms. The Balaban J connectivity index is 2.14. The minimum absolute atomic E-state index is 0.586. The number of nitrogens with zero attached hydrogens (tertiary/aromatic N) is 3. The molecule has 0 N–H and O–H groups in total. The monoisotopic (exact) mass is 233 g/mol. The van der Waals surface area contributed by atoms with E-state index in [1.165, 1.54) is 12.8 Å². The first-order valence-electron chi connectivity index (χ1n) is 5.42. The molecule has 3 rings (SSSR count). The van der Waals surface area contributed by atoms with Crippen LogP contribution in [0.4, 0.5) is 0 Å². The van der Waals surface area contributed by atoms with Crippen LogP contribution in [0.25, 0.3) is 11.4 Å². The van der Waals surface area contributed by atoms with Crippen LogP contribution < -0.4 is 0 Å². The predicted molar refractivity (Wildman–Crippen MR) is 63.5 cm³/mol. The zero-order valence-corrected chi connectivity index (χ0v) is 9.78. The second kappa shape index (κ2) is 3.59. The zero-order chi connectivity index (χ0) is 11.1. The van der Waals surface area contributed by atoms with E-state index in [1.807, 2.05) is 31.5 Å². The summed E-state index contributed by atoms with van der Waals surface area (Å²) in [6, 6.07) is 6.49. The van der Waals surface area contributed by atoms with Crippen LogP contribution in [0.3, 0.4) is 0 Å². The van der Waals surface area contributed by atoms with Gasteiger partial charge in [0.05, 0.1) is 0 Å². The Morgan fingerprint density at radius 3 is 2.94 bits per heavy atom. The highest BCUT2D eigenvalue weighted by Gasteiger charge is 2.27. The molecule has 2 aromatic rings. The number of hydrogen-bond acceptors (Lipinski definition) is 2. The van der Waals surface area contributed by atoms with E-state index in [0.717, 1.165) is 22.0 Å². The molecule has 0 bridgehead atoms. The molecule has 1 aromatic heterocycles. The second-order valence-electron chi connectivity index (χ2n) is 4.21. The largest absolute Gasteiger partial charge is 0.310 e. The van der Waals surface area contributed by atoms with Gasteiger partial charge in [0, 0.05) is 16.6 Å². The van der Waals surface area contributed by atoms with Crippen molar-refractivity contribution in [3.8, 4) is 11.4 Å². The fraction of sp³-hybridized carbons (Fsp3) is 0.333. The van der Waals surface area contributed by atoms with Crippen molar-refractivity contribution in [3.05, 3.63) is 35.1 Å². The minimum atomic E-state index is 0.586. The normalized spacial score (nSPS) is 15.4. The molecule has 1 saturated carbocycles. The van der Waals surface area contributed by atoms with Crippen LogP contribution in [0, 0.1) is 6.92 Å². The summed E-state index contributed by atoms with van der Waals surface area (Å²) in [7, 11) is 0. The van der Waals surface area contributed by atoms with Gasteiger partial charge in [0.1, 0.15) is 6.33 Å². The summed E-state index contributed by atoms with van der Waals surface area (Å²) in [5.41, 5.74) is 2.15. The van der Waals surface area contributed by atoms with Crippen LogP contribution >= 0.6 is 11.6 Å². The van der Waals surface area contributed by atoms with Crippen molar-refractivity contribution >= 4 is 11.6 Å². The van der Waals surface area contributed by atoms with Crippen molar-refractivity contribution in [2.75, 3.05) is 0 Å². The SMILES string of the molecule is Cc1c(Cl)cccc1-c1nncn1C1CC1. The van der Waals surface area contributed by atoms with Gasteiger partial charge in [-0.15, -0.1) is 10.2 Å². The maximum absolute atomic E-state index is 6.12. The van der Waals surface area contributed by atoms with E-state index in [9.17, 15) is 0 Å². The van der Waals surface area contributed by atoms with E-state index >= 15 is 0 Å². The van der Waals surface area contributed by atoms with Crippen molar-refractivity contribution < 1.29 is 0 Å². The lowest BCUT2D eigenvalue weighted by molar-refractivity contribution is 0.745. The number of aromatic nitrogens is 3. The molecule has 3 nitrogen and oxygen atoms in total. The first-order valence-corrected chi connectivity index (χ1v) is 5.80. The molecule has 1 heterocycles. The molecule has 0 unspecified atom stereocenters. The smallest absolute Gasteiger partial charge is 0.164 e. The van der Waals surface area contributed by atoms with Gasteiger partial charge in [0.25, 0.3) is 0 Å². The van der Waals surface area contributed by atoms with Crippen LogP contribution in [0.2, 0.25) is 5.02 Å². The molecule has 1 aliphatic rings. The third-order valence-corrected chi connectivity index (χ3v) is 3.43. The van der Waals surface area contributed by atoms with E-state index in [4.69, 9.17) is 11.6 Å². The van der Waals surface area contributed by atoms with Gasteiger partial charge in [-0.05, 0) is 31.4 Å². The molecule has 1 aromatic carbocycles. The molecule has 0 atom stereocenters. The van der Waals surface area contributed by atoms with Crippen LogP contribution in [0.15, 0.2) is 24.5 Å². The highest BCUT2D eigenvalue weighted by atomic mass is 35.5. The molecule has 0 saturated heterocycles. The van der Waals surface area contributed by atoms with Gasteiger partial charge in [0.15, 0.2) is 5.82 Å². The number of benzene rings is 1. The molecule has 1 aliphatic carbocycles. The lowest BCUT2D eigenvalue weighted by atomic mass is 10.1. The van der Waals surface area contributed by atoms with E-state index in [1.54, 1.807) is 0 Å². The summed E-state index contributed by atoms with van der Waals surface area (Å²) >= 11 is 6.12. The molecule has 1 fully saturated rings. The number of rotatable bonds is 2. The summed E-state index contributed by atoms with van der Waals surface area (Å²) in [4.78, 5) is 0. The second-order valence-corrected chi connectivity index (χ2v) is 4.61. The summed E-state index contributed by atoms with van der Waals surface area (Å²) in [5, 5.41) is 8.98. The Labute approximate surface area is 99.1 Å². The lowest BCUT2D eigenvalue weighted by Gasteiger charge is -2.08. The van der Waals surface area contributed by atoms with Crippen molar-refractivity contribution in [1.82, 2.24) is 14.8 Å². The third kappa shape index (κ3) is 1.52. The van der Waals surface area contributed by atoms with E-state index in [-0.39, 0.29) is 0 Å². The quantitative estimate of drug-likeness (QED) is 0.797. The summed E-state index contributed by atoms with van der Waals surface area (Å²) in [6.07, 6.45) is 4.27. The van der Waals surface area contributed by atoms with E-state index in [2.05, 4.69) is 14.8 Å². The van der Waals surface area contributed by atoms with Gasteiger partial charge in [0.2, 0.25) is 0 Å². The Kier molecular flexibility index (Phi) is 2.21. The summed E-state index contributed by atoms with van der Waals surface area (Å²) in [6.45, 7) is 2.02. The first-order chi connectivity index (χ1) is 7.77. The molecular weight excluding hydrogens is 222 g/mol. The topological polar surface area (TPSA) is 30.7 Å². The standard InChI is InChI=1S/C12H12ClN3/c1-8-10(3-2-4-11(8)13)12-15-14-7-16(12)9-5-6-9/h2-4,7,9H,5-6H2,1H3.